The van der Waals surface area contributed by atoms with Crippen molar-refractivity contribution in [3.63, 3.8) is 0 Å². The SMILES string of the molecule is C#CCN1C(=O)[C@H]2N(C(=O)[C@@H](O)[C@H](Cc3ccccc3)NC(=O)c3cccc(O)c3C)CC(F)(F)C21C. The number of terminal acetylenes is 1. The first-order valence-corrected chi connectivity index (χ1v) is 11.7. The Balaban J connectivity index is 1.62. The predicted octanol–water partition coefficient (Wildman–Crippen LogP) is 1.48. The molecule has 0 saturated carbocycles. The lowest BCUT2D eigenvalue weighted by Crippen LogP contribution is -2.78. The van der Waals surface area contributed by atoms with E-state index >= 15 is 8.78 Å². The van der Waals surface area contributed by atoms with Crippen molar-refractivity contribution < 1.29 is 33.4 Å². The summed E-state index contributed by atoms with van der Waals surface area (Å²) in [6.45, 7) is 1.30. The van der Waals surface area contributed by atoms with Gasteiger partial charge < -0.3 is 25.3 Å². The van der Waals surface area contributed by atoms with Crippen LogP contribution in [0.2, 0.25) is 0 Å². The first-order chi connectivity index (χ1) is 17.4. The van der Waals surface area contributed by atoms with Gasteiger partial charge in [0.05, 0.1) is 19.1 Å². The first kappa shape index (κ1) is 26.1. The van der Waals surface area contributed by atoms with Gasteiger partial charge in [-0.1, -0.05) is 42.3 Å². The normalized spacial score (nSPS) is 23.5. The highest BCUT2D eigenvalue weighted by Gasteiger charge is 2.77. The summed E-state index contributed by atoms with van der Waals surface area (Å²) in [5, 5.41) is 23.7. The van der Waals surface area contributed by atoms with Gasteiger partial charge in [0.15, 0.2) is 6.10 Å². The number of phenolic OH excluding ortho intramolecular Hbond substituents is 1. The fraction of sp³-hybridized carbons (Fsp3) is 0.370. The third-order valence-corrected chi connectivity index (χ3v) is 7.35. The van der Waals surface area contributed by atoms with Gasteiger partial charge in [-0.3, -0.25) is 14.4 Å². The minimum absolute atomic E-state index is 0.000677. The first-order valence-electron chi connectivity index (χ1n) is 11.7. The molecule has 2 fully saturated rings. The van der Waals surface area contributed by atoms with Crippen molar-refractivity contribution in [2.45, 2.75) is 49.9 Å². The Morgan fingerprint density at radius 1 is 1.22 bits per heavy atom. The topological polar surface area (TPSA) is 110 Å². The second-order valence-electron chi connectivity index (χ2n) is 9.51. The zero-order chi connectivity index (χ0) is 27.1. The summed E-state index contributed by atoms with van der Waals surface area (Å²) in [5.74, 6) is -3.88. The van der Waals surface area contributed by atoms with E-state index in [1.807, 2.05) is 0 Å². The van der Waals surface area contributed by atoms with Gasteiger partial charge in [-0.15, -0.1) is 6.42 Å². The second kappa shape index (κ2) is 9.48. The number of carbonyl (C=O) groups excluding carboxylic acids is 3. The number of alkyl halides is 2. The summed E-state index contributed by atoms with van der Waals surface area (Å²) >= 11 is 0. The van der Waals surface area contributed by atoms with E-state index in [0.717, 1.165) is 4.90 Å². The van der Waals surface area contributed by atoms with E-state index in [1.54, 1.807) is 30.3 Å². The molecule has 0 spiro atoms. The number of likely N-dealkylation sites (tertiary alicyclic amines) is 2. The van der Waals surface area contributed by atoms with Gasteiger partial charge in [0.25, 0.3) is 17.7 Å². The molecule has 0 aromatic heterocycles. The number of carbonyl (C=O) groups is 3. The molecule has 2 aliphatic rings. The third kappa shape index (κ3) is 4.19. The van der Waals surface area contributed by atoms with Gasteiger partial charge in [0.2, 0.25) is 5.91 Å². The van der Waals surface area contributed by atoms with Crippen LogP contribution in [0.4, 0.5) is 8.78 Å². The maximum Gasteiger partial charge on any atom is 0.290 e. The Hall–Kier alpha value is -3.97. The highest BCUT2D eigenvalue weighted by Crippen LogP contribution is 2.52. The number of benzene rings is 2. The maximum atomic E-state index is 15.1. The van der Waals surface area contributed by atoms with Crippen molar-refractivity contribution in [2.75, 3.05) is 13.1 Å². The van der Waals surface area contributed by atoms with E-state index in [9.17, 15) is 24.6 Å². The number of aromatic hydroxyl groups is 1. The van der Waals surface area contributed by atoms with Crippen molar-refractivity contribution >= 4 is 17.7 Å². The molecular formula is C27H27F2N3O5. The number of amides is 3. The number of nitrogens with one attached hydrogen (secondary N) is 1. The Kier molecular flexibility index (Phi) is 6.69. The fourth-order valence-corrected chi connectivity index (χ4v) is 5.10. The molecule has 3 amide bonds. The highest BCUT2D eigenvalue weighted by atomic mass is 19.3. The summed E-state index contributed by atoms with van der Waals surface area (Å²) in [6, 6.07) is 10.3. The van der Waals surface area contributed by atoms with Crippen LogP contribution in [0.1, 0.15) is 28.4 Å². The Morgan fingerprint density at radius 2 is 1.89 bits per heavy atom. The number of aliphatic hydroxyl groups excluding tert-OH is 1. The van der Waals surface area contributed by atoms with E-state index in [0.29, 0.717) is 16.0 Å². The molecule has 2 heterocycles. The number of hydrogen-bond donors (Lipinski definition) is 3. The molecule has 3 N–H and O–H groups in total. The third-order valence-electron chi connectivity index (χ3n) is 7.35. The van der Waals surface area contributed by atoms with Crippen molar-refractivity contribution in [2.24, 2.45) is 0 Å². The molecule has 0 aliphatic carbocycles. The number of phenols is 1. The number of nitrogens with zero attached hydrogens (tertiary/aromatic N) is 2. The van der Waals surface area contributed by atoms with E-state index in [1.165, 1.54) is 32.0 Å². The summed E-state index contributed by atoms with van der Waals surface area (Å²) in [6.07, 6.45) is 3.30. The monoisotopic (exact) mass is 511 g/mol. The van der Waals surface area contributed by atoms with Gasteiger partial charge >= 0.3 is 0 Å². The van der Waals surface area contributed by atoms with Gasteiger partial charge in [-0.25, -0.2) is 8.78 Å². The van der Waals surface area contributed by atoms with Crippen LogP contribution in [0.3, 0.4) is 0 Å². The van der Waals surface area contributed by atoms with Crippen molar-refractivity contribution in [1.82, 2.24) is 15.1 Å². The molecule has 0 radical (unpaired) electrons. The minimum atomic E-state index is -3.46. The lowest BCUT2D eigenvalue weighted by Gasteiger charge is -2.54. The van der Waals surface area contributed by atoms with Crippen molar-refractivity contribution in [3.05, 3.63) is 65.2 Å². The molecule has 2 aliphatic heterocycles. The maximum absolute atomic E-state index is 15.1. The van der Waals surface area contributed by atoms with Crippen LogP contribution < -0.4 is 5.32 Å². The summed E-state index contributed by atoms with van der Waals surface area (Å²) < 4.78 is 30.1. The average Bonchev–Trinajstić information content (AvgIpc) is 3.06. The lowest BCUT2D eigenvalue weighted by molar-refractivity contribution is -0.188. The van der Waals surface area contributed by atoms with Crippen LogP contribution in [-0.4, -0.2) is 80.5 Å². The van der Waals surface area contributed by atoms with Crippen molar-refractivity contribution in [1.29, 1.82) is 0 Å². The molecule has 2 saturated heterocycles. The Bertz CT molecular complexity index is 1280. The summed E-state index contributed by atoms with van der Waals surface area (Å²) in [7, 11) is 0. The van der Waals surface area contributed by atoms with Crippen LogP contribution in [0.15, 0.2) is 48.5 Å². The van der Waals surface area contributed by atoms with E-state index in [4.69, 9.17) is 6.42 Å². The number of halogens is 2. The smallest absolute Gasteiger partial charge is 0.290 e. The molecule has 37 heavy (non-hydrogen) atoms. The quantitative estimate of drug-likeness (QED) is 0.386. The Morgan fingerprint density at radius 3 is 2.54 bits per heavy atom. The number of β-lactam (4-membered cyclic amide) rings is 1. The molecule has 1 unspecified atom stereocenters. The molecule has 10 heteroatoms. The zero-order valence-electron chi connectivity index (χ0n) is 20.3. The molecule has 194 valence electrons. The number of aliphatic hydroxyl groups is 1. The fourth-order valence-electron chi connectivity index (χ4n) is 5.10. The van der Waals surface area contributed by atoms with E-state index in [2.05, 4.69) is 11.2 Å². The molecule has 4 atom stereocenters. The molecule has 4 rings (SSSR count). The van der Waals surface area contributed by atoms with E-state index < -0.39 is 53.9 Å². The molecule has 8 nitrogen and oxygen atoms in total. The number of rotatable bonds is 7. The van der Waals surface area contributed by atoms with Crippen molar-refractivity contribution in [3.8, 4) is 18.1 Å². The molecule has 2 aromatic rings. The minimum Gasteiger partial charge on any atom is -0.508 e. The van der Waals surface area contributed by atoms with Crippen LogP contribution >= 0.6 is 0 Å². The molecule has 0 bridgehead atoms. The number of fused-ring (bicyclic) bond motifs is 1. The lowest BCUT2D eigenvalue weighted by atomic mass is 9.78. The summed E-state index contributed by atoms with van der Waals surface area (Å²) in [4.78, 5) is 40.7. The number of hydrogen-bond acceptors (Lipinski definition) is 5. The summed E-state index contributed by atoms with van der Waals surface area (Å²) in [5.41, 5.74) is -0.911. The van der Waals surface area contributed by atoms with E-state index in [-0.39, 0.29) is 24.3 Å². The van der Waals surface area contributed by atoms with Crippen LogP contribution in [-0.2, 0) is 16.0 Å². The van der Waals surface area contributed by atoms with Gasteiger partial charge in [-0.05, 0) is 38.0 Å². The Labute approximate surface area is 212 Å². The largest absolute Gasteiger partial charge is 0.508 e. The molecule has 2 aromatic carbocycles. The second-order valence-corrected chi connectivity index (χ2v) is 9.51. The van der Waals surface area contributed by atoms with Crippen LogP contribution in [0.25, 0.3) is 0 Å². The van der Waals surface area contributed by atoms with Crippen LogP contribution in [0.5, 0.6) is 5.75 Å². The average molecular weight is 512 g/mol. The predicted molar refractivity (Wildman–Crippen MR) is 130 cm³/mol. The highest BCUT2D eigenvalue weighted by molar-refractivity contribution is 5.99. The van der Waals surface area contributed by atoms with Gasteiger partial charge in [0.1, 0.15) is 17.3 Å². The van der Waals surface area contributed by atoms with Gasteiger partial charge in [0, 0.05) is 11.1 Å². The zero-order valence-corrected chi connectivity index (χ0v) is 20.3. The molecular weight excluding hydrogens is 484 g/mol. The standard InChI is InChI=1S/C27H27F2N3O5/c1-4-13-32-25(37)22-26(32,3)27(28,29)15-31(22)24(36)21(34)19(14-17-9-6-5-7-10-17)30-23(35)18-11-8-12-20(33)16(18)2/h1,5-12,19,21-22,33-34H,13-15H2,2-3H3,(H,30,35)/t19-,21-,22+,26?/m0/s1. The van der Waals surface area contributed by atoms with Crippen LogP contribution in [0, 0.1) is 19.3 Å². The van der Waals surface area contributed by atoms with Gasteiger partial charge in [-0.2, -0.15) is 0 Å².